The van der Waals surface area contributed by atoms with Gasteiger partial charge in [-0.1, -0.05) is 45.0 Å². The monoisotopic (exact) mass is 685 g/mol. The Morgan fingerprint density at radius 3 is 2.22 bits per heavy atom. The maximum Gasteiger partial charge on any atom is 0.246 e. The van der Waals surface area contributed by atoms with Crippen LogP contribution in [0, 0.1) is 12.3 Å². The number of rotatable bonds is 20. The molecule has 1 saturated heterocycles. The van der Waals surface area contributed by atoms with Crippen LogP contribution in [0.2, 0.25) is 0 Å². The molecule has 1 aliphatic heterocycles. The first-order valence-electron chi connectivity index (χ1n) is 15.6. The van der Waals surface area contributed by atoms with E-state index in [0.29, 0.717) is 72.2 Å². The smallest absolute Gasteiger partial charge is 0.246 e. The lowest BCUT2D eigenvalue weighted by Gasteiger charge is -2.36. The van der Waals surface area contributed by atoms with Gasteiger partial charge in [-0.05, 0) is 29.9 Å². The Balaban J connectivity index is 0.00000736. The number of aryl methyl sites for hydroxylation is 1. The largest absolute Gasteiger partial charge is 0.392 e. The van der Waals surface area contributed by atoms with E-state index in [0.717, 1.165) is 21.7 Å². The molecule has 2 amide bonds. The fraction of sp³-hybridized carbons (Fsp3) is 0.656. The van der Waals surface area contributed by atoms with Crippen molar-refractivity contribution in [2.24, 2.45) is 11.1 Å². The van der Waals surface area contributed by atoms with Crippen LogP contribution in [0.3, 0.4) is 0 Å². The maximum atomic E-state index is 13.3. The van der Waals surface area contributed by atoms with E-state index in [2.05, 4.69) is 15.6 Å². The van der Waals surface area contributed by atoms with Crippen LogP contribution in [-0.4, -0.2) is 117 Å². The zero-order valence-electron chi connectivity index (χ0n) is 27.5. The second-order valence-electron chi connectivity index (χ2n) is 12.2. The number of nitrogens with zero attached hydrogens (tertiary/aromatic N) is 2. The second-order valence-corrected chi connectivity index (χ2v) is 13.1. The van der Waals surface area contributed by atoms with Gasteiger partial charge in [-0.3, -0.25) is 14.5 Å². The highest BCUT2D eigenvalue weighted by Crippen LogP contribution is 2.28. The molecule has 0 saturated carbocycles. The van der Waals surface area contributed by atoms with Gasteiger partial charge in [0.25, 0.3) is 0 Å². The third-order valence-corrected chi connectivity index (χ3v) is 8.50. The molecule has 14 heteroatoms. The van der Waals surface area contributed by atoms with Gasteiger partial charge in [0.1, 0.15) is 6.61 Å². The summed E-state index contributed by atoms with van der Waals surface area (Å²) in [6, 6.07) is 7.34. The predicted octanol–water partition coefficient (Wildman–Crippen LogP) is 2.15. The number of nitrogens with two attached hydrogens (primary N) is 1. The number of hydrogen-bond donors (Lipinski definition) is 4. The summed E-state index contributed by atoms with van der Waals surface area (Å²) >= 11 is 1.61. The molecular weight excluding hydrogens is 634 g/mol. The molecule has 1 aromatic carbocycles. The van der Waals surface area contributed by atoms with Gasteiger partial charge in [-0.15, -0.1) is 23.7 Å². The first kappa shape index (κ1) is 40.0. The van der Waals surface area contributed by atoms with E-state index >= 15 is 0 Å². The number of aliphatic hydroxyl groups is 1. The van der Waals surface area contributed by atoms with E-state index in [1.807, 2.05) is 62.4 Å². The molecule has 2 aromatic rings. The van der Waals surface area contributed by atoms with Crippen LogP contribution < -0.4 is 16.4 Å². The van der Waals surface area contributed by atoms with Gasteiger partial charge < -0.3 is 40.4 Å². The van der Waals surface area contributed by atoms with E-state index in [-0.39, 0.29) is 48.9 Å². The van der Waals surface area contributed by atoms with Crippen molar-refractivity contribution in [3.8, 4) is 10.4 Å². The fourth-order valence-electron chi connectivity index (χ4n) is 4.93. The highest BCUT2D eigenvalue weighted by molar-refractivity contribution is 7.13. The quantitative estimate of drug-likeness (QED) is 0.152. The molecule has 0 radical (unpaired) electrons. The third kappa shape index (κ3) is 13.9. The lowest BCUT2D eigenvalue weighted by atomic mass is 9.86. The molecule has 12 nitrogen and oxygen atoms in total. The van der Waals surface area contributed by atoms with Crippen molar-refractivity contribution in [3.63, 3.8) is 0 Å². The minimum atomic E-state index is -0.614. The van der Waals surface area contributed by atoms with E-state index < -0.39 is 12.1 Å². The Morgan fingerprint density at radius 2 is 1.65 bits per heavy atom. The molecule has 1 aliphatic rings. The minimum absolute atomic E-state index is 0. The Bertz CT molecular complexity index is 1160. The Hall–Kier alpha value is -2.20. The first-order valence-corrected chi connectivity index (χ1v) is 16.5. The van der Waals surface area contributed by atoms with Gasteiger partial charge in [0.05, 0.1) is 74.5 Å². The van der Waals surface area contributed by atoms with Gasteiger partial charge in [0, 0.05) is 32.2 Å². The summed E-state index contributed by atoms with van der Waals surface area (Å²) in [5, 5.41) is 16.6. The summed E-state index contributed by atoms with van der Waals surface area (Å²) in [7, 11) is 0. The number of benzene rings is 1. The van der Waals surface area contributed by atoms with Gasteiger partial charge >= 0.3 is 0 Å². The number of carbonyl (C=O) groups is 2. The average Bonchev–Trinajstić information content (AvgIpc) is 3.60. The molecule has 1 fully saturated rings. The van der Waals surface area contributed by atoms with Crippen LogP contribution >= 0.6 is 23.7 Å². The number of halogens is 1. The van der Waals surface area contributed by atoms with E-state index in [1.54, 1.807) is 11.3 Å². The van der Waals surface area contributed by atoms with Crippen molar-refractivity contribution < 1.29 is 33.6 Å². The summed E-state index contributed by atoms with van der Waals surface area (Å²) in [5.74, 6) is -0.380. The number of thiazole rings is 1. The molecular formula is C32H52ClN5O7S. The molecule has 0 bridgehead atoms. The predicted molar refractivity (Wildman–Crippen MR) is 181 cm³/mol. The highest BCUT2D eigenvalue weighted by Gasteiger charge is 2.39. The standard InChI is InChI=1S/C32H51N5O7S.ClH/c1-23-30(45-22-35-23)25-7-5-24(6-8-25)18-34-31(40)27-17-26(38)19-37(27)20-28(32(2,3)4)36-29(39)21-44-16-15-43-14-13-42-12-11-41-10-9-33;/h5-8,22,26-28,38H,9-21,33H2,1-4H3,(H,34,40)(H,36,39);1H/t26-,27+,28-;/m1./s1. The van der Waals surface area contributed by atoms with Crippen molar-refractivity contribution in [1.82, 2.24) is 20.5 Å². The average molecular weight is 686 g/mol. The van der Waals surface area contributed by atoms with Crippen LogP contribution in [0.4, 0.5) is 0 Å². The number of aliphatic hydroxyl groups excluding tert-OH is 1. The van der Waals surface area contributed by atoms with Gasteiger partial charge in [-0.2, -0.15) is 0 Å². The Labute approximate surface area is 283 Å². The molecule has 260 valence electrons. The van der Waals surface area contributed by atoms with E-state index in [1.165, 1.54) is 0 Å². The summed E-state index contributed by atoms with van der Waals surface area (Å²) in [4.78, 5) is 33.4. The van der Waals surface area contributed by atoms with Crippen molar-refractivity contribution >= 4 is 35.6 Å². The summed E-state index contributed by atoms with van der Waals surface area (Å²) in [6.45, 7) is 12.7. The number of likely N-dealkylation sites (tertiary alicyclic amines) is 1. The molecule has 46 heavy (non-hydrogen) atoms. The summed E-state index contributed by atoms with van der Waals surface area (Å²) < 4.78 is 21.6. The number of amides is 2. The number of ether oxygens (including phenoxy) is 4. The van der Waals surface area contributed by atoms with E-state index in [9.17, 15) is 14.7 Å². The van der Waals surface area contributed by atoms with E-state index in [4.69, 9.17) is 24.7 Å². The van der Waals surface area contributed by atoms with Crippen LogP contribution in [-0.2, 0) is 35.1 Å². The molecule has 0 aliphatic carbocycles. The van der Waals surface area contributed by atoms with Crippen molar-refractivity contribution in [2.75, 3.05) is 72.5 Å². The molecule has 1 aromatic heterocycles. The summed E-state index contributed by atoms with van der Waals surface area (Å²) in [5.41, 5.74) is 10.00. The topological polar surface area (TPSA) is 158 Å². The SMILES string of the molecule is Cc1ncsc1-c1ccc(CNC(=O)[C@@H]2C[C@@H](O)CN2C[C@@H](NC(=O)COCCOCCOCCOCCN)C(C)(C)C)cc1.Cl. The van der Waals surface area contributed by atoms with Crippen LogP contribution in [0.5, 0.6) is 0 Å². The normalized spacial score (nSPS) is 17.4. The van der Waals surface area contributed by atoms with Gasteiger partial charge in [0.15, 0.2) is 0 Å². The van der Waals surface area contributed by atoms with Gasteiger partial charge in [0.2, 0.25) is 11.8 Å². The second kappa shape index (κ2) is 20.9. The number of β-amino-alcohol motifs (C(OH)–C–C–N with tert-alkyl or cyclic N) is 1. The lowest BCUT2D eigenvalue weighted by Crippen LogP contribution is -2.54. The molecule has 3 atom stereocenters. The van der Waals surface area contributed by atoms with Crippen LogP contribution in [0.25, 0.3) is 10.4 Å². The Kier molecular flexibility index (Phi) is 18.2. The van der Waals surface area contributed by atoms with Crippen molar-refractivity contribution in [2.45, 2.75) is 58.8 Å². The lowest BCUT2D eigenvalue weighted by molar-refractivity contribution is -0.128. The molecule has 2 heterocycles. The van der Waals surface area contributed by atoms with Crippen molar-refractivity contribution in [3.05, 3.63) is 41.0 Å². The molecule has 0 unspecified atom stereocenters. The zero-order chi connectivity index (χ0) is 32.7. The fourth-order valence-corrected chi connectivity index (χ4v) is 5.74. The first-order chi connectivity index (χ1) is 21.6. The van der Waals surface area contributed by atoms with Crippen LogP contribution in [0.1, 0.15) is 38.4 Å². The summed E-state index contributed by atoms with van der Waals surface area (Å²) in [6.07, 6.45) is -0.270. The number of hydrogen-bond acceptors (Lipinski definition) is 11. The van der Waals surface area contributed by atoms with Crippen molar-refractivity contribution in [1.29, 1.82) is 0 Å². The number of carbonyl (C=O) groups excluding carboxylic acids is 2. The minimum Gasteiger partial charge on any atom is -0.392 e. The van der Waals surface area contributed by atoms with Crippen LogP contribution in [0.15, 0.2) is 29.8 Å². The van der Waals surface area contributed by atoms with Gasteiger partial charge in [-0.25, -0.2) is 4.98 Å². The maximum absolute atomic E-state index is 13.3. The highest BCUT2D eigenvalue weighted by atomic mass is 35.5. The molecule has 0 spiro atoms. The molecule has 3 rings (SSSR count). The number of nitrogens with one attached hydrogen (secondary N) is 2. The number of aromatic nitrogens is 1. The Morgan fingerprint density at radius 1 is 1.04 bits per heavy atom. The zero-order valence-corrected chi connectivity index (χ0v) is 29.1. The molecule has 5 N–H and O–H groups in total. The third-order valence-electron chi connectivity index (χ3n) is 7.52.